The van der Waals surface area contributed by atoms with Gasteiger partial charge in [0.2, 0.25) is 0 Å². The van der Waals surface area contributed by atoms with Crippen LogP contribution in [0, 0.1) is 11.8 Å². The van der Waals surface area contributed by atoms with Gasteiger partial charge in [0.25, 0.3) is 0 Å². The van der Waals surface area contributed by atoms with Crippen LogP contribution in [-0.4, -0.2) is 11.2 Å². The molecule has 0 radical (unpaired) electrons. The van der Waals surface area contributed by atoms with Crippen molar-refractivity contribution in [2.75, 3.05) is 0 Å². The molecule has 1 heteroatoms. The van der Waals surface area contributed by atoms with Gasteiger partial charge < -0.3 is 5.11 Å². The number of hydrogen-bond donors (Lipinski definition) is 1. The van der Waals surface area contributed by atoms with Gasteiger partial charge in [0, 0.05) is 5.92 Å². The quantitative estimate of drug-likeness (QED) is 0.668. The van der Waals surface area contributed by atoms with Crippen molar-refractivity contribution in [2.24, 2.45) is 11.8 Å². The van der Waals surface area contributed by atoms with E-state index in [1.165, 1.54) is 64.2 Å². The Bertz CT molecular complexity index is 278. The third kappa shape index (κ3) is 3.38. The van der Waals surface area contributed by atoms with E-state index in [1.807, 2.05) is 0 Å². The average molecular weight is 250 g/mol. The lowest BCUT2D eigenvalue weighted by Crippen LogP contribution is -2.24. The summed E-state index contributed by atoms with van der Waals surface area (Å²) in [5.74, 6) is 1.15. The molecule has 1 N–H and O–H groups in total. The van der Waals surface area contributed by atoms with Crippen LogP contribution in [0.1, 0.15) is 78.1 Å². The second kappa shape index (κ2) is 6.75. The summed E-state index contributed by atoms with van der Waals surface area (Å²) in [5.41, 5.74) is 3.32. The van der Waals surface area contributed by atoms with Crippen molar-refractivity contribution >= 4 is 0 Å². The molecule has 2 rings (SSSR count). The molecule has 2 fully saturated rings. The maximum absolute atomic E-state index is 10.5. The summed E-state index contributed by atoms with van der Waals surface area (Å²) in [6.45, 7) is 4.54. The average Bonchev–Trinajstić information content (AvgIpc) is 3.19. The summed E-state index contributed by atoms with van der Waals surface area (Å²) in [7, 11) is 0. The van der Waals surface area contributed by atoms with Crippen molar-refractivity contribution in [3.05, 3.63) is 11.1 Å². The lowest BCUT2D eigenvalue weighted by atomic mass is 9.83. The predicted octanol–water partition coefficient (Wildman–Crippen LogP) is 4.84. The summed E-state index contributed by atoms with van der Waals surface area (Å²) in [4.78, 5) is 0. The monoisotopic (exact) mass is 250 g/mol. The highest BCUT2D eigenvalue weighted by atomic mass is 16.3. The van der Waals surface area contributed by atoms with Gasteiger partial charge in [-0.15, -0.1) is 0 Å². The van der Waals surface area contributed by atoms with Gasteiger partial charge in [-0.2, -0.15) is 0 Å². The Hall–Kier alpha value is -0.300. The van der Waals surface area contributed by atoms with E-state index in [0.717, 1.165) is 0 Å². The van der Waals surface area contributed by atoms with Crippen LogP contribution in [0.25, 0.3) is 0 Å². The van der Waals surface area contributed by atoms with E-state index in [0.29, 0.717) is 11.8 Å². The van der Waals surface area contributed by atoms with Gasteiger partial charge in [0.05, 0.1) is 6.10 Å². The molecule has 2 aliphatic carbocycles. The highest BCUT2D eigenvalue weighted by Gasteiger charge is 2.41. The molecule has 18 heavy (non-hydrogen) atoms. The molecule has 0 unspecified atom stereocenters. The topological polar surface area (TPSA) is 20.2 Å². The van der Waals surface area contributed by atoms with Gasteiger partial charge in [0.1, 0.15) is 0 Å². The highest BCUT2D eigenvalue weighted by molar-refractivity contribution is 5.32. The fraction of sp³-hybridized carbons (Fsp3) is 0.882. The Morgan fingerprint density at radius 2 is 1.72 bits per heavy atom. The first-order valence-corrected chi connectivity index (χ1v) is 8.16. The lowest BCUT2D eigenvalue weighted by Gasteiger charge is -2.26. The van der Waals surface area contributed by atoms with Crippen LogP contribution < -0.4 is 0 Å². The first-order chi connectivity index (χ1) is 8.77. The van der Waals surface area contributed by atoms with E-state index < -0.39 is 0 Å². The molecule has 1 nitrogen and oxygen atoms in total. The van der Waals surface area contributed by atoms with Crippen LogP contribution in [0.15, 0.2) is 11.1 Å². The Morgan fingerprint density at radius 1 is 1.11 bits per heavy atom. The van der Waals surface area contributed by atoms with Gasteiger partial charge in [-0.25, -0.2) is 0 Å². The Balaban J connectivity index is 1.92. The van der Waals surface area contributed by atoms with Gasteiger partial charge in [-0.05, 0) is 38.0 Å². The number of rotatable bonds is 6. The zero-order valence-corrected chi connectivity index (χ0v) is 12.3. The molecule has 0 amide bonds. The molecule has 0 heterocycles. The summed E-state index contributed by atoms with van der Waals surface area (Å²) in [5, 5.41) is 10.5. The number of hydrogen-bond acceptors (Lipinski definition) is 1. The largest absolute Gasteiger partial charge is 0.392 e. The van der Waals surface area contributed by atoms with E-state index in [1.54, 1.807) is 11.1 Å². The van der Waals surface area contributed by atoms with Crippen molar-refractivity contribution in [1.82, 2.24) is 0 Å². The molecule has 0 aliphatic heterocycles. The highest BCUT2D eigenvalue weighted by Crippen LogP contribution is 2.48. The SMILES string of the molecule is CCCC(CCC)=C1C[C@@H]1[C@H](O)C1CCCCC1. The molecule has 2 aliphatic rings. The van der Waals surface area contributed by atoms with Crippen LogP contribution in [0.4, 0.5) is 0 Å². The lowest BCUT2D eigenvalue weighted by molar-refractivity contribution is 0.0695. The van der Waals surface area contributed by atoms with E-state index in [2.05, 4.69) is 13.8 Å². The minimum atomic E-state index is -0.0241. The molecule has 2 atom stereocenters. The minimum Gasteiger partial charge on any atom is -0.392 e. The van der Waals surface area contributed by atoms with Crippen LogP contribution in [-0.2, 0) is 0 Å². The second-order valence-electron chi connectivity index (χ2n) is 6.33. The minimum absolute atomic E-state index is 0.0241. The molecule has 0 spiro atoms. The van der Waals surface area contributed by atoms with Crippen molar-refractivity contribution in [3.8, 4) is 0 Å². The Labute approximate surface area is 113 Å². The van der Waals surface area contributed by atoms with Gasteiger partial charge in [0.15, 0.2) is 0 Å². The first-order valence-electron chi connectivity index (χ1n) is 8.16. The summed E-state index contributed by atoms with van der Waals surface area (Å²) < 4.78 is 0. The molecule has 0 saturated heterocycles. The molecule has 0 aromatic carbocycles. The normalized spacial score (nSPS) is 26.2. The summed E-state index contributed by atoms with van der Waals surface area (Å²) in [6, 6.07) is 0. The number of allylic oxidation sites excluding steroid dienone is 1. The third-order valence-electron chi connectivity index (χ3n) is 4.83. The maximum Gasteiger partial charge on any atom is 0.0636 e. The van der Waals surface area contributed by atoms with Gasteiger partial charge >= 0.3 is 0 Å². The second-order valence-corrected chi connectivity index (χ2v) is 6.33. The molecule has 0 aromatic rings. The standard InChI is InChI=1S/C17H30O/c1-3-8-13(9-4-2)15-12-16(15)17(18)14-10-6-5-7-11-14/h14,16-18H,3-12H2,1-2H3/t16-,17+/m0/s1. The first kappa shape index (κ1) is 14.1. The van der Waals surface area contributed by atoms with Crippen molar-refractivity contribution < 1.29 is 5.11 Å². The number of aliphatic hydroxyl groups is 1. The number of aliphatic hydroxyl groups excluding tert-OH is 1. The molecule has 104 valence electrons. The van der Waals surface area contributed by atoms with Crippen LogP contribution in [0.3, 0.4) is 0 Å². The Kier molecular flexibility index (Phi) is 5.29. The molecular formula is C17H30O. The van der Waals surface area contributed by atoms with Gasteiger partial charge in [-0.1, -0.05) is 57.1 Å². The van der Waals surface area contributed by atoms with E-state index in [9.17, 15) is 5.11 Å². The molecular weight excluding hydrogens is 220 g/mol. The van der Waals surface area contributed by atoms with Crippen molar-refractivity contribution in [2.45, 2.75) is 84.2 Å². The fourth-order valence-corrected chi connectivity index (χ4v) is 3.77. The smallest absolute Gasteiger partial charge is 0.0636 e. The van der Waals surface area contributed by atoms with Crippen LogP contribution >= 0.6 is 0 Å². The van der Waals surface area contributed by atoms with Crippen LogP contribution in [0.5, 0.6) is 0 Å². The molecule has 0 aromatic heterocycles. The van der Waals surface area contributed by atoms with Gasteiger partial charge in [-0.3, -0.25) is 0 Å². The predicted molar refractivity (Wildman–Crippen MR) is 77.5 cm³/mol. The van der Waals surface area contributed by atoms with Crippen LogP contribution in [0.2, 0.25) is 0 Å². The molecule has 0 bridgehead atoms. The fourth-order valence-electron chi connectivity index (χ4n) is 3.77. The van der Waals surface area contributed by atoms with E-state index in [4.69, 9.17) is 0 Å². The van der Waals surface area contributed by atoms with E-state index in [-0.39, 0.29) is 6.10 Å². The van der Waals surface area contributed by atoms with Crippen molar-refractivity contribution in [3.63, 3.8) is 0 Å². The summed E-state index contributed by atoms with van der Waals surface area (Å²) >= 11 is 0. The molecule has 2 saturated carbocycles. The zero-order chi connectivity index (χ0) is 13.0. The van der Waals surface area contributed by atoms with E-state index >= 15 is 0 Å². The van der Waals surface area contributed by atoms with Crippen molar-refractivity contribution in [1.29, 1.82) is 0 Å². The third-order valence-corrected chi connectivity index (χ3v) is 4.83. The Morgan fingerprint density at radius 3 is 2.28 bits per heavy atom. The summed E-state index contributed by atoms with van der Waals surface area (Å²) in [6.07, 6.45) is 12.8. The zero-order valence-electron chi connectivity index (χ0n) is 12.3. The maximum atomic E-state index is 10.5.